The van der Waals surface area contributed by atoms with E-state index in [2.05, 4.69) is 38.5 Å². The van der Waals surface area contributed by atoms with Crippen LogP contribution in [0.1, 0.15) is 33.1 Å². The number of hydrogen-bond acceptors (Lipinski definition) is 1. The molecule has 1 fully saturated rings. The van der Waals surface area contributed by atoms with Gasteiger partial charge in [-0.05, 0) is 39.7 Å². The summed E-state index contributed by atoms with van der Waals surface area (Å²) >= 11 is 0. The monoisotopic (exact) mass is 167 g/mol. The second-order valence-electron chi connectivity index (χ2n) is 4.16. The third-order valence-corrected chi connectivity index (χ3v) is 3.17. The highest BCUT2D eigenvalue weighted by molar-refractivity contribution is 4.94. The van der Waals surface area contributed by atoms with Crippen LogP contribution in [0.25, 0.3) is 0 Å². The van der Waals surface area contributed by atoms with Crippen LogP contribution >= 0.6 is 0 Å². The third-order valence-electron chi connectivity index (χ3n) is 3.17. The molecule has 0 N–H and O–H groups in total. The fourth-order valence-corrected chi connectivity index (χ4v) is 2.13. The largest absolute Gasteiger partial charge is 0.300 e. The molecule has 0 radical (unpaired) electrons. The molecule has 1 rings (SSSR count). The van der Waals surface area contributed by atoms with Crippen LogP contribution in [0.5, 0.6) is 0 Å². The molecule has 70 valence electrons. The smallest absolute Gasteiger partial charge is 0.0158 e. The third kappa shape index (κ3) is 1.89. The van der Waals surface area contributed by atoms with Crippen molar-refractivity contribution in [2.75, 3.05) is 7.05 Å². The van der Waals surface area contributed by atoms with Crippen molar-refractivity contribution in [1.29, 1.82) is 0 Å². The van der Waals surface area contributed by atoms with E-state index in [1.54, 1.807) is 0 Å². The van der Waals surface area contributed by atoms with Gasteiger partial charge < -0.3 is 4.90 Å². The van der Waals surface area contributed by atoms with Gasteiger partial charge in [-0.3, -0.25) is 0 Å². The maximum absolute atomic E-state index is 3.91. The summed E-state index contributed by atoms with van der Waals surface area (Å²) in [5, 5.41) is 0. The van der Waals surface area contributed by atoms with E-state index >= 15 is 0 Å². The van der Waals surface area contributed by atoms with E-state index in [-0.39, 0.29) is 0 Å². The lowest BCUT2D eigenvalue weighted by atomic mass is 10.0. The molecular formula is C11H21N. The SMILES string of the molecule is C=CC1CCCC1N(C)C(C)C. The Morgan fingerprint density at radius 1 is 1.42 bits per heavy atom. The first-order valence-electron chi connectivity index (χ1n) is 5.01. The van der Waals surface area contributed by atoms with Crippen LogP contribution in [0.4, 0.5) is 0 Å². The molecule has 12 heavy (non-hydrogen) atoms. The van der Waals surface area contributed by atoms with Crippen LogP contribution in [0.15, 0.2) is 12.7 Å². The number of rotatable bonds is 3. The molecule has 0 aromatic carbocycles. The first kappa shape index (κ1) is 9.79. The second-order valence-corrected chi connectivity index (χ2v) is 4.16. The summed E-state index contributed by atoms with van der Waals surface area (Å²) in [7, 11) is 2.23. The van der Waals surface area contributed by atoms with Gasteiger partial charge in [0.25, 0.3) is 0 Å². The average molecular weight is 167 g/mol. The van der Waals surface area contributed by atoms with Gasteiger partial charge in [0.2, 0.25) is 0 Å². The molecule has 0 spiro atoms. The Morgan fingerprint density at radius 3 is 2.58 bits per heavy atom. The fourth-order valence-electron chi connectivity index (χ4n) is 2.13. The van der Waals surface area contributed by atoms with Gasteiger partial charge in [-0.2, -0.15) is 0 Å². The molecule has 1 heteroatoms. The Bertz CT molecular complexity index is 151. The summed E-state index contributed by atoms with van der Waals surface area (Å²) in [4.78, 5) is 2.49. The zero-order valence-corrected chi connectivity index (χ0v) is 8.59. The average Bonchev–Trinajstić information content (AvgIpc) is 2.49. The minimum absolute atomic E-state index is 0.663. The minimum atomic E-state index is 0.663. The highest BCUT2D eigenvalue weighted by atomic mass is 15.2. The Labute approximate surface area is 76.5 Å². The predicted octanol–water partition coefficient (Wildman–Crippen LogP) is 2.68. The lowest BCUT2D eigenvalue weighted by Gasteiger charge is -2.31. The van der Waals surface area contributed by atoms with E-state index in [0.29, 0.717) is 6.04 Å². The summed E-state index contributed by atoms with van der Waals surface area (Å²) in [6.07, 6.45) is 6.20. The van der Waals surface area contributed by atoms with Crippen molar-refractivity contribution in [3.63, 3.8) is 0 Å². The highest BCUT2D eigenvalue weighted by Gasteiger charge is 2.28. The first-order chi connectivity index (χ1) is 5.66. The maximum Gasteiger partial charge on any atom is 0.0158 e. The molecule has 2 atom stereocenters. The zero-order chi connectivity index (χ0) is 9.14. The van der Waals surface area contributed by atoms with E-state index in [1.807, 2.05) is 0 Å². The van der Waals surface area contributed by atoms with Crippen LogP contribution in [-0.2, 0) is 0 Å². The van der Waals surface area contributed by atoms with E-state index in [4.69, 9.17) is 0 Å². The fraction of sp³-hybridized carbons (Fsp3) is 0.818. The van der Waals surface area contributed by atoms with Crippen LogP contribution in [-0.4, -0.2) is 24.0 Å². The summed E-state index contributed by atoms with van der Waals surface area (Å²) in [6, 6.07) is 1.41. The van der Waals surface area contributed by atoms with Crippen LogP contribution in [0, 0.1) is 5.92 Å². The summed E-state index contributed by atoms with van der Waals surface area (Å²) in [6.45, 7) is 8.43. The van der Waals surface area contributed by atoms with Crippen molar-refractivity contribution in [2.45, 2.75) is 45.2 Å². The van der Waals surface area contributed by atoms with Gasteiger partial charge in [0.1, 0.15) is 0 Å². The lowest BCUT2D eigenvalue weighted by molar-refractivity contribution is 0.175. The van der Waals surface area contributed by atoms with Gasteiger partial charge in [0.15, 0.2) is 0 Å². The van der Waals surface area contributed by atoms with Crippen molar-refractivity contribution in [2.24, 2.45) is 5.92 Å². The lowest BCUT2D eigenvalue weighted by Crippen LogP contribution is -2.38. The Morgan fingerprint density at radius 2 is 2.08 bits per heavy atom. The molecule has 0 aromatic rings. The van der Waals surface area contributed by atoms with Crippen molar-refractivity contribution >= 4 is 0 Å². The highest BCUT2D eigenvalue weighted by Crippen LogP contribution is 2.30. The van der Waals surface area contributed by atoms with E-state index < -0.39 is 0 Å². The normalized spacial score (nSPS) is 30.1. The Hall–Kier alpha value is -0.300. The summed E-state index contributed by atoms with van der Waals surface area (Å²) in [5.74, 6) is 0.734. The Kier molecular flexibility index (Phi) is 3.33. The Balaban J connectivity index is 2.54. The zero-order valence-electron chi connectivity index (χ0n) is 8.59. The summed E-state index contributed by atoms with van der Waals surface area (Å²) in [5.41, 5.74) is 0. The van der Waals surface area contributed by atoms with Crippen molar-refractivity contribution < 1.29 is 0 Å². The van der Waals surface area contributed by atoms with Gasteiger partial charge in [0.05, 0.1) is 0 Å². The molecular weight excluding hydrogens is 146 g/mol. The maximum atomic E-state index is 3.91. The second kappa shape index (κ2) is 4.08. The molecule has 0 heterocycles. The topological polar surface area (TPSA) is 3.24 Å². The quantitative estimate of drug-likeness (QED) is 0.584. The summed E-state index contributed by atoms with van der Waals surface area (Å²) < 4.78 is 0. The van der Waals surface area contributed by atoms with Crippen LogP contribution in [0.3, 0.4) is 0 Å². The van der Waals surface area contributed by atoms with Gasteiger partial charge in [0, 0.05) is 12.1 Å². The van der Waals surface area contributed by atoms with Gasteiger partial charge >= 0.3 is 0 Å². The van der Waals surface area contributed by atoms with Crippen molar-refractivity contribution in [1.82, 2.24) is 4.90 Å². The molecule has 2 unspecified atom stereocenters. The molecule has 0 amide bonds. The molecule has 1 aliphatic rings. The molecule has 0 saturated heterocycles. The van der Waals surface area contributed by atoms with E-state index in [1.165, 1.54) is 19.3 Å². The molecule has 0 aliphatic heterocycles. The van der Waals surface area contributed by atoms with E-state index in [9.17, 15) is 0 Å². The standard InChI is InChI=1S/C11H21N/c1-5-10-7-6-8-11(10)12(4)9(2)3/h5,9-11H,1,6-8H2,2-4H3. The first-order valence-corrected chi connectivity index (χ1v) is 5.01. The molecule has 1 nitrogen and oxygen atoms in total. The van der Waals surface area contributed by atoms with Gasteiger partial charge in [-0.25, -0.2) is 0 Å². The predicted molar refractivity (Wildman–Crippen MR) is 54.2 cm³/mol. The number of nitrogens with zero attached hydrogens (tertiary/aromatic N) is 1. The molecule has 0 aromatic heterocycles. The minimum Gasteiger partial charge on any atom is -0.300 e. The molecule has 1 saturated carbocycles. The van der Waals surface area contributed by atoms with Crippen molar-refractivity contribution in [3.05, 3.63) is 12.7 Å². The van der Waals surface area contributed by atoms with Crippen molar-refractivity contribution in [3.8, 4) is 0 Å². The number of hydrogen-bond donors (Lipinski definition) is 0. The van der Waals surface area contributed by atoms with Gasteiger partial charge in [-0.15, -0.1) is 6.58 Å². The van der Waals surface area contributed by atoms with Crippen LogP contribution < -0.4 is 0 Å². The van der Waals surface area contributed by atoms with Crippen LogP contribution in [0.2, 0.25) is 0 Å². The molecule has 1 aliphatic carbocycles. The molecule has 0 bridgehead atoms. The van der Waals surface area contributed by atoms with E-state index in [0.717, 1.165) is 12.0 Å². The van der Waals surface area contributed by atoms with Gasteiger partial charge in [-0.1, -0.05) is 12.5 Å².